The number of hydrogen-bond donors (Lipinski definition) is 2. The Morgan fingerprint density at radius 3 is 2.94 bits per heavy atom. The fraction of sp³-hybridized carbons (Fsp3) is 0.300. The maximum atomic E-state index is 11.0. The lowest BCUT2D eigenvalue weighted by Gasteiger charge is -2.02. The molecule has 0 radical (unpaired) electrons. The van der Waals surface area contributed by atoms with Gasteiger partial charge >= 0.3 is 5.97 Å². The highest BCUT2D eigenvalue weighted by atomic mass is 32.2. The second kappa shape index (κ2) is 4.99. The summed E-state index contributed by atoms with van der Waals surface area (Å²) in [6.45, 7) is 1.89. The van der Waals surface area contributed by atoms with Crippen molar-refractivity contribution in [3.63, 3.8) is 0 Å². The third-order valence-electron chi connectivity index (χ3n) is 2.40. The highest BCUT2D eigenvalue weighted by Crippen LogP contribution is 2.33. The van der Waals surface area contributed by atoms with Gasteiger partial charge in [0.2, 0.25) is 0 Å². The molecule has 0 aliphatic carbocycles. The molecule has 2 aromatic rings. The summed E-state index contributed by atoms with van der Waals surface area (Å²) in [5, 5.41) is 13.5. The molecule has 2 aromatic heterocycles. The number of thiazole rings is 1. The second-order valence-electron chi connectivity index (χ2n) is 3.65. The van der Waals surface area contributed by atoms with E-state index >= 15 is 0 Å². The van der Waals surface area contributed by atoms with E-state index in [0.717, 1.165) is 9.90 Å². The first-order valence-electron chi connectivity index (χ1n) is 5.09. The first-order valence-corrected chi connectivity index (χ1v) is 6.89. The number of nitrogens with zero attached hydrogens (tertiary/aromatic N) is 3. The molecular weight excluding hydrogens is 272 g/mol. The molecule has 0 amide bonds. The molecule has 18 heavy (non-hydrogen) atoms. The molecule has 2 heterocycles. The summed E-state index contributed by atoms with van der Waals surface area (Å²) in [4.78, 5) is 15.2. The number of hydrogen-bond acceptors (Lipinski definition) is 6. The third kappa shape index (κ3) is 2.49. The molecule has 6 nitrogen and oxygen atoms in total. The summed E-state index contributed by atoms with van der Waals surface area (Å²) < 4.78 is 2.58. The van der Waals surface area contributed by atoms with E-state index in [2.05, 4.69) is 10.1 Å². The number of aromatic nitrogens is 3. The van der Waals surface area contributed by atoms with Gasteiger partial charge in [-0.25, -0.2) is 9.78 Å². The van der Waals surface area contributed by atoms with E-state index < -0.39 is 5.97 Å². The smallest absolute Gasteiger partial charge is 0.339 e. The lowest BCUT2D eigenvalue weighted by molar-refractivity contribution is 0.0696. The molecule has 2 rings (SSSR count). The molecule has 0 saturated heterocycles. The zero-order valence-electron chi connectivity index (χ0n) is 9.88. The predicted molar refractivity (Wildman–Crippen MR) is 71.0 cm³/mol. The molecular formula is C10H12N4O2S2. The van der Waals surface area contributed by atoms with Gasteiger partial charge in [-0.1, -0.05) is 11.3 Å². The maximum Gasteiger partial charge on any atom is 0.339 e. The third-order valence-corrected chi connectivity index (χ3v) is 4.76. The van der Waals surface area contributed by atoms with E-state index in [-0.39, 0.29) is 5.56 Å². The van der Waals surface area contributed by atoms with E-state index in [1.54, 1.807) is 11.7 Å². The molecule has 0 fully saturated rings. The molecule has 0 unspecified atom stereocenters. The Labute approximate surface area is 112 Å². The van der Waals surface area contributed by atoms with Crippen molar-refractivity contribution in [3.05, 3.63) is 23.1 Å². The quantitative estimate of drug-likeness (QED) is 0.831. The van der Waals surface area contributed by atoms with Gasteiger partial charge in [-0.3, -0.25) is 4.68 Å². The van der Waals surface area contributed by atoms with Crippen LogP contribution in [0.2, 0.25) is 0 Å². The van der Waals surface area contributed by atoms with E-state index in [1.807, 2.05) is 6.92 Å². The molecule has 3 N–H and O–H groups in total. The van der Waals surface area contributed by atoms with Gasteiger partial charge in [0.15, 0.2) is 5.13 Å². The van der Waals surface area contributed by atoms with Crippen molar-refractivity contribution >= 4 is 34.2 Å². The molecule has 0 spiro atoms. The predicted octanol–water partition coefficient (Wildman–Crippen LogP) is 1.76. The Morgan fingerprint density at radius 1 is 1.67 bits per heavy atom. The van der Waals surface area contributed by atoms with Crippen LogP contribution in [0.25, 0.3) is 0 Å². The van der Waals surface area contributed by atoms with Crippen LogP contribution in [-0.2, 0) is 12.8 Å². The van der Waals surface area contributed by atoms with Crippen LogP contribution in [-0.4, -0.2) is 25.8 Å². The summed E-state index contributed by atoms with van der Waals surface area (Å²) in [5.41, 5.74) is 7.41. The Morgan fingerprint density at radius 2 is 2.39 bits per heavy atom. The molecule has 0 bridgehead atoms. The minimum Gasteiger partial charge on any atom is -0.478 e. The maximum absolute atomic E-state index is 11.0. The first-order chi connectivity index (χ1) is 8.49. The lowest BCUT2D eigenvalue weighted by Crippen LogP contribution is -2.03. The van der Waals surface area contributed by atoms with Gasteiger partial charge in [0.05, 0.1) is 21.8 Å². The number of carbonyl (C=O) groups is 1. The highest BCUT2D eigenvalue weighted by Gasteiger charge is 2.16. The summed E-state index contributed by atoms with van der Waals surface area (Å²) in [6.07, 6.45) is 1.37. The fourth-order valence-corrected chi connectivity index (χ4v) is 3.58. The van der Waals surface area contributed by atoms with Crippen molar-refractivity contribution in [1.82, 2.24) is 14.8 Å². The number of carboxylic acid groups (broad SMARTS) is 1. The van der Waals surface area contributed by atoms with Crippen molar-refractivity contribution in [2.75, 3.05) is 5.73 Å². The number of nitrogen functional groups attached to an aromatic ring is 1. The molecule has 96 valence electrons. The average molecular weight is 284 g/mol. The number of carboxylic acids is 1. The number of aromatic carboxylic acids is 1. The van der Waals surface area contributed by atoms with Crippen LogP contribution in [0.3, 0.4) is 0 Å². The number of thioether (sulfide) groups is 1. The Kier molecular flexibility index (Phi) is 3.58. The Hall–Kier alpha value is -1.54. The van der Waals surface area contributed by atoms with Crippen LogP contribution in [0.4, 0.5) is 5.13 Å². The normalized spacial score (nSPS) is 10.8. The van der Waals surface area contributed by atoms with Gasteiger partial charge in [-0.2, -0.15) is 5.10 Å². The van der Waals surface area contributed by atoms with Crippen LogP contribution >= 0.6 is 23.1 Å². The summed E-state index contributed by atoms with van der Waals surface area (Å²) in [5.74, 6) is -0.431. The standard InChI is InChI=1S/C10H12N4O2S2/c1-5-9(18-10(11)13-5)17-4-7-6(8(15)16)3-12-14(7)2/h3H,4H2,1-2H3,(H2,11,13)(H,15,16). The van der Waals surface area contributed by atoms with Crippen molar-refractivity contribution < 1.29 is 9.90 Å². The van der Waals surface area contributed by atoms with Crippen LogP contribution in [0.5, 0.6) is 0 Å². The second-order valence-corrected chi connectivity index (χ2v) is 5.92. The van der Waals surface area contributed by atoms with Gasteiger partial charge in [0.25, 0.3) is 0 Å². The fourth-order valence-electron chi connectivity index (χ4n) is 1.48. The molecule has 0 aliphatic rings. The largest absolute Gasteiger partial charge is 0.478 e. The van der Waals surface area contributed by atoms with E-state index in [0.29, 0.717) is 16.6 Å². The van der Waals surface area contributed by atoms with E-state index in [1.165, 1.54) is 29.3 Å². The Bertz CT molecular complexity index is 591. The number of aryl methyl sites for hydroxylation is 2. The lowest BCUT2D eigenvalue weighted by atomic mass is 10.3. The minimum atomic E-state index is -0.959. The van der Waals surface area contributed by atoms with Crippen molar-refractivity contribution in [1.29, 1.82) is 0 Å². The summed E-state index contributed by atoms with van der Waals surface area (Å²) >= 11 is 2.93. The SMILES string of the molecule is Cc1nc(N)sc1SCc1c(C(=O)O)cnn1C. The number of anilines is 1. The molecule has 0 atom stereocenters. The van der Waals surface area contributed by atoms with Crippen LogP contribution in [0.1, 0.15) is 21.7 Å². The summed E-state index contributed by atoms with van der Waals surface area (Å²) in [6, 6.07) is 0. The molecule has 8 heteroatoms. The van der Waals surface area contributed by atoms with Gasteiger partial charge in [-0.05, 0) is 6.92 Å². The van der Waals surface area contributed by atoms with Gasteiger partial charge < -0.3 is 10.8 Å². The highest BCUT2D eigenvalue weighted by molar-refractivity contribution is 8.00. The van der Waals surface area contributed by atoms with Gasteiger partial charge in [-0.15, -0.1) is 11.8 Å². The first kappa shape index (κ1) is 12.9. The number of nitrogens with two attached hydrogens (primary N) is 1. The Balaban J connectivity index is 2.18. The van der Waals surface area contributed by atoms with E-state index in [9.17, 15) is 4.79 Å². The van der Waals surface area contributed by atoms with Crippen molar-refractivity contribution in [2.24, 2.45) is 7.05 Å². The van der Waals surface area contributed by atoms with Crippen LogP contribution < -0.4 is 5.73 Å². The molecule has 0 saturated carbocycles. The van der Waals surface area contributed by atoms with Crippen LogP contribution in [0, 0.1) is 6.92 Å². The van der Waals surface area contributed by atoms with Crippen molar-refractivity contribution in [3.8, 4) is 0 Å². The minimum absolute atomic E-state index is 0.236. The van der Waals surface area contributed by atoms with E-state index in [4.69, 9.17) is 10.8 Å². The number of rotatable bonds is 4. The van der Waals surface area contributed by atoms with Gasteiger partial charge in [0.1, 0.15) is 5.56 Å². The molecule has 0 aliphatic heterocycles. The summed E-state index contributed by atoms with van der Waals surface area (Å²) in [7, 11) is 1.73. The van der Waals surface area contributed by atoms with Crippen LogP contribution in [0.15, 0.2) is 10.4 Å². The topological polar surface area (TPSA) is 94.0 Å². The van der Waals surface area contributed by atoms with Gasteiger partial charge in [0, 0.05) is 12.8 Å². The van der Waals surface area contributed by atoms with Crippen molar-refractivity contribution in [2.45, 2.75) is 16.9 Å². The molecule has 0 aromatic carbocycles. The zero-order chi connectivity index (χ0) is 13.3. The zero-order valence-corrected chi connectivity index (χ0v) is 11.5. The average Bonchev–Trinajstić information content (AvgIpc) is 2.79. The monoisotopic (exact) mass is 284 g/mol.